The molecule has 0 bridgehead atoms. The van der Waals surface area contributed by atoms with Gasteiger partial charge in [-0.15, -0.1) is 0 Å². The van der Waals surface area contributed by atoms with Crippen molar-refractivity contribution in [1.82, 2.24) is 4.98 Å². The summed E-state index contributed by atoms with van der Waals surface area (Å²) in [5, 5.41) is 11.9. The summed E-state index contributed by atoms with van der Waals surface area (Å²) in [6.45, 7) is 5.12. The van der Waals surface area contributed by atoms with Crippen molar-refractivity contribution in [2.75, 3.05) is 30.0 Å². The largest absolute Gasteiger partial charge is 0.487 e. The Hall–Kier alpha value is -0.940. The number of aliphatic hydroxyl groups excluding tert-OH is 1. The smallest absolute Gasteiger partial charge is 0.168 e. The van der Waals surface area contributed by atoms with Gasteiger partial charge in [0.25, 0.3) is 0 Å². The molecule has 0 unspecified atom stereocenters. The van der Waals surface area contributed by atoms with Crippen LogP contribution in [0.3, 0.4) is 0 Å². The van der Waals surface area contributed by atoms with Crippen molar-refractivity contribution in [3.8, 4) is 5.75 Å². The first-order chi connectivity index (χ1) is 8.74. The van der Waals surface area contributed by atoms with Crippen molar-refractivity contribution in [3.05, 3.63) is 18.3 Å². The Labute approximate surface area is 113 Å². The molecule has 5 heteroatoms. The van der Waals surface area contributed by atoms with Crippen LogP contribution in [0.25, 0.3) is 0 Å². The number of thioether (sulfide) groups is 1. The first kappa shape index (κ1) is 15.1. The Morgan fingerprint density at radius 3 is 3.00 bits per heavy atom. The number of aliphatic hydroxyl groups is 1. The lowest BCUT2D eigenvalue weighted by atomic mass is 10.4. The van der Waals surface area contributed by atoms with E-state index in [2.05, 4.69) is 10.3 Å². The third-order valence-electron chi connectivity index (χ3n) is 2.12. The fraction of sp³-hybridized carbons (Fsp3) is 0.615. The van der Waals surface area contributed by atoms with E-state index in [1.807, 2.05) is 37.7 Å². The maximum atomic E-state index is 8.67. The minimum atomic E-state index is 0.147. The molecule has 0 saturated heterocycles. The molecule has 0 aliphatic carbocycles. The van der Waals surface area contributed by atoms with Crippen LogP contribution in [-0.2, 0) is 0 Å². The number of pyridine rings is 1. The van der Waals surface area contributed by atoms with E-state index in [4.69, 9.17) is 9.84 Å². The SMILES string of the molecule is CC(C)Oc1cccnc1NCCSCCCO. The van der Waals surface area contributed by atoms with Crippen molar-refractivity contribution < 1.29 is 9.84 Å². The first-order valence-electron chi connectivity index (χ1n) is 6.28. The van der Waals surface area contributed by atoms with Crippen molar-refractivity contribution in [3.63, 3.8) is 0 Å². The van der Waals surface area contributed by atoms with Gasteiger partial charge in [-0.05, 0) is 38.2 Å². The molecular formula is C13H22N2O2S. The van der Waals surface area contributed by atoms with Gasteiger partial charge in [0.15, 0.2) is 11.6 Å². The fourth-order valence-corrected chi connectivity index (χ4v) is 2.17. The van der Waals surface area contributed by atoms with Crippen LogP contribution in [0, 0.1) is 0 Å². The zero-order valence-corrected chi connectivity index (χ0v) is 11.9. The number of hydrogen-bond donors (Lipinski definition) is 2. The van der Waals surface area contributed by atoms with Crippen LogP contribution >= 0.6 is 11.8 Å². The zero-order chi connectivity index (χ0) is 13.2. The summed E-state index contributed by atoms with van der Waals surface area (Å²) in [6.07, 6.45) is 2.76. The van der Waals surface area contributed by atoms with E-state index in [0.717, 1.165) is 36.0 Å². The topological polar surface area (TPSA) is 54.4 Å². The average molecular weight is 270 g/mol. The molecule has 0 aliphatic rings. The fourth-order valence-electron chi connectivity index (χ4n) is 1.38. The monoisotopic (exact) mass is 270 g/mol. The van der Waals surface area contributed by atoms with Gasteiger partial charge in [-0.3, -0.25) is 0 Å². The van der Waals surface area contributed by atoms with Crippen LogP contribution in [0.1, 0.15) is 20.3 Å². The second-order valence-corrected chi connectivity index (χ2v) is 5.36. The second kappa shape index (κ2) is 9.05. The molecule has 0 radical (unpaired) electrons. The van der Waals surface area contributed by atoms with Crippen LogP contribution in [0.4, 0.5) is 5.82 Å². The van der Waals surface area contributed by atoms with Gasteiger partial charge in [0, 0.05) is 25.1 Å². The summed E-state index contributed by atoms with van der Waals surface area (Å²) >= 11 is 1.83. The number of ether oxygens (including phenoxy) is 1. The van der Waals surface area contributed by atoms with Crippen LogP contribution in [-0.4, -0.2) is 40.9 Å². The standard InChI is InChI=1S/C13H22N2O2S/c1-11(2)17-12-5-3-6-14-13(12)15-7-10-18-9-4-8-16/h3,5-6,11,16H,4,7-10H2,1-2H3,(H,14,15). The number of nitrogens with zero attached hydrogens (tertiary/aromatic N) is 1. The van der Waals surface area contributed by atoms with E-state index >= 15 is 0 Å². The zero-order valence-electron chi connectivity index (χ0n) is 11.1. The van der Waals surface area contributed by atoms with Gasteiger partial charge in [-0.25, -0.2) is 4.98 Å². The van der Waals surface area contributed by atoms with Crippen molar-refractivity contribution in [2.45, 2.75) is 26.4 Å². The molecule has 18 heavy (non-hydrogen) atoms. The number of nitrogens with one attached hydrogen (secondary N) is 1. The second-order valence-electron chi connectivity index (χ2n) is 4.13. The van der Waals surface area contributed by atoms with E-state index in [-0.39, 0.29) is 12.7 Å². The molecule has 1 rings (SSSR count). The summed E-state index contributed by atoms with van der Waals surface area (Å²) < 4.78 is 5.68. The van der Waals surface area contributed by atoms with Gasteiger partial charge < -0.3 is 15.2 Å². The molecule has 0 aromatic carbocycles. The third-order valence-corrected chi connectivity index (χ3v) is 3.19. The first-order valence-corrected chi connectivity index (χ1v) is 7.43. The maximum absolute atomic E-state index is 8.67. The number of aromatic nitrogens is 1. The van der Waals surface area contributed by atoms with Crippen molar-refractivity contribution in [1.29, 1.82) is 0 Å². The van der Waals surface area contributed by atoms with E-state index < -0.39 is 0 Å². The third kappa shape index (κ3) is 6.12. The highest BCUT2D eigenvalue weighted by Gasteiger charge is 2.05. The quantitative estimate of drug-likeness (QED) is 0.675. The van der Waals surface area contributed by atoms with E-state index in [1.54, 1.807) is 6.20 Å². The summed E-state index contributed by atoms with van der Waals surface area (Å²) in [5.41, 5.74) is 0. The Bertz CT molecular complexity index is 335. The highest BCUT2D eigenvalue weighted by Crippen LogP contribution is 2.21. The minimum Gasteiger partial charge on any atom is -0.487 e. The van der Waals surface area contributed by atoms with Gasteiger partial charge in [-0.2, -0.15) is 11.8 Å². The molecule has 1 heterocycles. The normalized spacial score (nSPS) is 10.7. The van der Waals surface area contributed by atoms with Crippen LogP contribution in [0.2, 0.25) is 0 Å². The molecule has 1 aromatic heterocycles. The molecule has 0 atom stereocenters. The average Bonchev–Trinajstić information content (AvgIpc) is 2.35. The van der Waals surface area contributed by atoms with E-state index in [1.165, 1.54) is 0 Å². The number of hydrogen-bond acceptors (Lipinski definition) is 5. The predicted octanol–water partition coefficient (Wildman–Crippen LogP) is 2.40. The van der Waals surface area contributed by atoms with Crippen molar-refractivity contribution >= 4 is 17.6 Å². The Kier molecular flexibility index (Phi) is 7.60. The summed E-state index contributed by atoms with van der Waals surface area (Å²) in [6, 6.07) is 3.80. The van der Waals surface area contributed by atoms with Crippen molar-refractivity contribution in [2.24, 2.45) is 0 Å². The van der Waals surface area contributed by atoms with Gasteiger partial charge in [-0.1, -0.05) is 0 Å². The predicted molar refractivity (Wildman–Crippen MR) is 77.5 cm³/mol. The lowest BCUT2D eigenvalue weighted by Crippen LogP contribution is -2.11. The Balaban J connectivity index is 2.32. The Morgan fingerprint density at radius 2 is 2.28 bits per heavy atom. The molecule has 102 valence electrons. The molecule has 0 fully saturated rings. The highest BCUT2D eigenvalue weighted by molar-refractivity contribution is 7.99. The summed E-state index contributed by atoms with van der Waals surface area (Å²) in [5.74, 6) is 3.59. The van der Waals surface area contributed by atoms with Gasteiger partial charge in [0.05, 0.1) is 6.10 Å². The van der Waals surface area contributed by atoms with Crippen LogP contribution < -0.4 is 10.1 Å². The molecule has 0 aliphatic heterocycles. The molecule has 2 N–H and O–H groups in total. The van der Waals surface area contributed by atoms with Gasteiger partial charge in [0.1, 0.15) is 0 Å². The van der Waals surface area contributed by atoms with E-state index in [9.17, 15) is 0 Å². The molecular weight excluding hydrogens is 248 g/mol. The molecule has 0 saturated carbocycles. The summed E-state index contributed by atoms with van der Waals surface area (Å²) in [4.78, 5) is 4.28. The van der Waals surface area contributed by atoms with Gasteiger partial charge >= 0.3 is 0 Å². The molecule has 1 aromatic rings. The lowest BCUT2D eigenvalue weighted by molar-refractivity contribution is 0.243. The Morgan fingerprint density at radius 1 is 1.44 bits per heavy atom. The highest BCUT2D eigenvalue weighted by atomic mass is 32.2. The number of anilines is 1. The lowest BCUT2D eigenvalue weighted by Gasteiger charge is -2.14. The number of rotatable bonds is 9. The summed E-state index contributed by atoms with van der Waals surface area (Å²) in [7, 11) is 0. The minimum absolute atomic E-state index is 0.147. The molecule has 0 spiro atoms. The maximum Gasteiger partial charge on any atom is 0.168 e. The van der Waals surface area contributed by atoms with Gasteiger partial charge in [0.2, 0.25) is 0 Å². The van der Waals surface area contributed by atoms with Crippen LogP contribution in [0.15, 0.2) is 18.3 Å². The van der Waals surface area contributed by atoms with Crippen LogP contribution in [0.5, 0.6) is 5.75 Å². The molecule has 4 nitrogen and oxygen atoms in total. The van der Waals surface area contributed by atoms with E-state index in [0.29, 0.717) is 0 Å². The molecule has 0 amide bonds.